The van der Waals surface area contributed by atoms with E-state index in [0.29, 0.717) is 6.42 Å². The Labute approximate surface area is 131 Å². The van der Waals surface area contributed by atoms with Crippen molar-refractivity contribution in [3.63, 3.8) is 0 Å². The molecule has 4 nitrogen and oxygen atoms in total. The summed E-state index contributed by atoms with van der Waals surface area (Å²) in [5.74, 6) is -1.27. The highest BCUT2D eigenvalue weighted by molar-refractivity contribution is 5.96. The monoisotopic (exact) mass is 309 g/mol. The number of rotatable bonds is 5. The van der Waals surface area contributed by atoms with Gasteiger partial charge in [-0.15, -0.1) is 0 Å². The molecule has 5 heteroatoms. The molecule has 0 fully saturated rings. The van der Waals surface area contributed by atoms with E-state index in [9.17, 15) is 14.0 Å². The zero-order chi connectivity index (χ0) is 16.9. The van der Waals surface area contributed by atoms with Gasteiger partial charge in [0.25, 0.3) is 5.91 Å². The quantitative estimate of drug-likeness (QED) is 0.849. The molecule has 0 heterocycles. The Hall–Kier alpha value is -1.91. The fourth-order valence-electron chi connectivity index (χ4n) is 1.93. The predicted octanol–water partition coefficient (Wildman–Crippen LogP) is 3.31. The van der Waals surface area contributed by atoms with E-state index >= 15 is 0 Å². The maximum absolute atomic E-state index is 13.2. The van der Waals surface area contributed by atoms with Crippen LogP contribution in [0.15, 0.2) is 24.3 Å². The molecule has 0 bridgehead atoms. The first-order valence-corrected chi connectivity index (χ1v) is 7.38. The molecule has 22 heavy (non-hydrogen) atoms. The van der Waals surface area contributed by atoms with Gasteiger partial charge in [0.15, 0.2) is 0 Å². The minimum atomic E-state index is -0.755. The third-order valence-corrected chi connectivity index (χ3v) is 2.79. The number of halogens is 1. The molecule has 0 aromatic heterocycles. The normalized spacial score (nSPS) is 12.9. The number of hydrogen-bond acceptors (Lipinski definition) is 3. The van der Waals surface area contributed by atoms with Crippen LogP contribution in [0.5, 0.6) is 0 Å². The van der Waals surface area contributed by atoms with Crippen molar-refractivity contribution < 1.29 is 18.7 Å². The van der Waals surface area contributed by atoms with Gasteiger partial charge in [-0.3, -0.25) is 4.79 Å². The second-order valence-corrected chi connectivity index (χ2v) is 6.70. The lowest BCUT2D eigenvalue weighted by Crippen LogP contribution is -2.44. The van der Waals surface area contributed by atoms with Crippen molar-refractivity contribution in [2.24, 2.45) is 5.92 Å². The van der Waals surface area contributed by atoms with E-state index in [-0.39, 0.29) is 11.5 Å². The average molecular weight is 309 g/mol. The molecule has 1 atom stereocenters. The molecule has 1 rings (SSSR count). The second-order valence-electron chi connectivity index (χ2n) is 6.70. The van der Waals surface area contributed by atoms with Crippen molar-refractivity contribution in [1.82, 2.24) is 5.32 Å². The largest absolute Gasteiger partial charge is 0.458 e. The third-order valence-electron chi connectivity index (χ3n) is 2.79. The molecule has 0 saturated carbocycles. The van der Waals surface area contributed by atoms with Crippen LogP contribution in [-0.2, 0) is 9.53 Å². The number of ether oxygens (including phenoxy) is 1. The molecule has 1 aromatic rings. The Kier molecular flexibility index (Phi) is 6.09. The first-order valence-electron chi connectivity index (χ1n) is 7.38. The number of hydrogen-bond donors (Lipinski definition) is 1. The maximum Gasteiger partial charge on any atom is 0.329 e. The summed E-state index contributed by atoms with van der Waals surface area (Å²) in [4.78, 5) is 24.4. The van der Waals surface area contributed by atoms with Crippen LogP contribution in [0.1, 0.15) is 51.4 Å². The van der Waals surface area contributed by atoms with Gasteiger partial charge < -0.3 is 10.1 Å². The summed E-state index contributed by atoms with van der Waals surface area (Å²) in [6.07, 6.45) is 0.454. The minimum Gasteiger partial charge on any atom is -0.458 e. The van der Waals surface area contributed by atoms with Gasteiger partial charge in [0, 0.05) is 5.56 Å². The summed E-state index contributed by atoms with van der Waals surface area (Å²) in [7, 11) is 0. The Morgan fingerprint density at radius 1 is 1.27 bits per heavy atom. The van der Waals surface area contributed by atoms with Gasteiger partial charge >= 0.3 is 5.97 Å². The van der Waals surface area contributed by atoms with E-state index in [1.165, 1.54) is 18.2 Å². The third kappa shape index (κ3) is 6.24. The zero-order valence-corrected chi connectivity index (χ0v) is 13.8. The summed E-state index contributed by atoms with van der Waals surface area (Å²) in [6, 6.07) is 4.59. The fraction of sp³-hybridized carbons (Fsp3) is 0.529. The van der Waals surface area contributed by atoms with Crippen LogP contribution >= 0.6 is 0 Å². The van der Waals surface area contributed by atoms with Gasteiger partial charge in [-0.05, 0) is 51.3 Å². The molecular formula is C17H24FNO3. The van der Waals surface area contributed by atoms with Crippen LogP contribution in [0.4, 0.5) is 4.39 Å². The van der Waals surface area contributed by atoms with Crippen molar-refractivity contribution in [3.05, 3.63) is 35.6 Å². The van der Waals surface area contributed by atoms with Gasteiger partial charge in [-0.1, -0.05) is 19.9 Å². The van der Waals surface area contributed by atoms with E-state index in [1.807, 2.05) is 13.8 Å². The van der Waals surface area contributed by atoms with Crippen molar-refractivity contribution in [1.29, 1.82) is 0 Å². The molecule has 1 aromatic carbocycles. The maximum atomic E-state index is 13.2. The van der Waals surface area contributed by atoms with Crippen LogP contribution in [0.3, 0.4) is 0 Å². The molecule has 0 radical (unpaired) electrons. The fourth-order valence-corrected chi connectivity index (χ4v) is 1.93. The molecule has 0 aliphatic carbocycles. The van der Waals surface area contributed by atoms with E-state index in [4.69, 9.17) is 4.74 Å². The Bertz CT molecular complexity index is 535. The van der Waals surface area contributed by atoms with Gasteiger partial charge in [0.1, 0.15) is 17.5 Å². The average Bonchev–Trinajstić information content (AvgIpc) is 2.35. The van der Waals surface area contributed by atoms with Crippen LogP contribution in [0, 0.1) is 11.7 Å². The molecular weight excluding hydrogens is 285 g/mol. The van der Waals surface area contributed by atoms with E-state index in [0.717, 1.165) is 6.07 Å². The zero-order valence-electron chi connectivity index (χ0n) is 13.8. The summed E-state index contributed by atoms with van der Waals surface area (Å²) in [5.41, 5.74) is -0.451. The highest BCUT2D eigenvalue weighted by Crippen LogP contribution is 2.14. The number of esters is 1. The van der Waals surface area contributed by atoms with Crippen LogP contribution in [0.2, 0.25) is 0 Å². The van der Waals surface area contributed by atoms with Crippen LogP contribution in [0.25, 0.3) is 0 Å². The summed E-state index contributed by atoms with van der Waals surface area (Å²) in [5, 5.41) is 2.63. The highest BCUT2D eigenvalue weighted by atomic mass is 19.1. The molecule has 1 amide bonds. The molecule has 0 aliphatic heterocycles. The van der Waals surface area contributed by atoms with E-state index in [1.54, 1.807) is 20.8 Å². The SMILES string of the molecule is CC(C)CC(NC(=O)c1cccc(F)c1)C(=O)OC(C)(C)C. The van der Waals surface area contributed by atoms with Gasteiger partial charge in [0.2, 0.25) is 0 Å². The highest BCUT2D eigenvalue weighted by Gasteiger charge is 2.27. The standard InChI is InChI=1S/C17H24FNO3/c1-11(2)9-14(16(21)22-17(3,4)5)19-15(20)12-7-6-8-13(18)10-12/h6-8,10-11,14H,9H2,1-5H3,(H,19,20). The Balaban J connectivity index is 2.84. The van der Waals surface area contributed by atoms with Crippen LogP contribution in [-0.4, -0.2) is 23.5 Å². The molecule has 0 saturated heterocycles. The minimum absolute atomic E-state index is 0.178. The molecule has 1 unspecified atom stereocenters. The topological polar surface area (TPSA) is 55.4 Å². The summed E-state index contributed by atoms with van der Waals surface area (Å²) >= 11 is 0. The summed E-state index contributed by atoms with van der Waals surface area (Å²) in [6.45, 7) is 9.21. The molecule has 1 N–H and O–H groups in total. The van der Waals surface area contributed by atoms with Gasteiger partial charge in [0.05, 0.1) is 0 Å². The lowest BCUT2D eigenvalue weighted by atomic mass is 10.0. The first kappa shape index (κ1) is 18.1. The molecule has 122 valence electrons. The van der Waals surface area contributed by atoms with Crippen molar-refractivity contribution in [3.8, 4) is 0 Å². The molecule has 0 spiro atoms. The van der Waals surface area contributed by atoms with Crippen LogP contribution < -0.4 is 5.32 Å². The van der Waals surface area contributed by atoms with Gasteiger partial charge in [-0.25, -0.2) is 9.18 Å². The molecule has 0 aliphatic rings. The summed E-state index contributed by atoms with van der Waals surface area (Å²) < 4.78 is 18.5. The van der Waals surface area contributed by atoms with Crippen molar-refractivity contribution >= 4 is 11.9 Å². The predicted molar refractivity (Wildman–Crippen MR) is 83.0 cm³/mol. The Morgan fingerprint density at radius 2 is 1.91 bits per heavy atom. The number of carbonyl (C=O) groups excluding carboxylic acids is 2. The lowest BCUT2D eigenvalue weighted by molar-refractivity contribution is -0.157. The number of amides is 1. The van der Waals surface area contributed by atoms with E-state index in [2.05, 4.69) is 5.32 Å². The van der Waals surface area contributed by atoms with Crippen molar-refractivity contribution in [2.75, 3.05) is 0 Å². The van der Waals surface area contributed by atoms with E-state index < -0.39 is 29.3 Å². The number of benzene rings is 1. The number of nitrogens with one attached hydrogen (secondary N) is 1. The lowest BCUT2D eigenvalue weighted by Gasteiger charge is -2.25. The van der Waals surface area contributed by atoms with Crippen molar-refractivity contribution in [2.45, 2.75) is 52.7 Å². The second kappa shape index (κ2) is 7.38. The van der Waals surface area contributed by atoms with Gasteiger partial charge in [-0.2, -0.15) is 0 Å². The Morgan fingerprint density at radius 3 is 2.41 bits per heavy atom. The smallest absolute Gasteiger partial charge is 0.329 e. The number of carbonyl (C=O) groups is 2. The first-order chi connectivity index (χ1) is 10.1.